The van der Waals surface area contributed by atoms with Crippen molar-refractivity contribution in [1.29, 1.82) is 0 Å². The zero-order valence-corrected chi connectivity index (χ0v) is 10.8. The van der Waals surface area contributed by atoms with Gasteiger partial charge < -0.3 is 10.1 Å². The van der Waals surface area contributed by atoms with Gasteiger partial charge in [-0.25, -0.2) is 0 Å². The van der Waals surface area contributed by atoms with Gasteiger partial charge in [0.1, 0.15) is 5.75 Å². The molecule has 0 saturated carbocycles. The molecule has 1 aromatic heterocycles. The molecule has 0 aliphatic rings. The zero-order valence-electron chi connectivity index (χ0n) is 10.0. The fourth-order valence-electron chi connectivity index (χ4n) is 1.36. The molecule has 0 spiro atoms. The molecule has 0 amide bonds. The largest absolute Gasteiger partial charge is 0.495 e. The van der Waals surface area contributed by atoms with Gasteiger partial charge in [-0.3, -0.25) is 4.55 Å². The number of methoxy groups -OCH3 is 1. The Labute approximate surface area is 113 Å². The Bertz CT molecular complexity index is 738. The minimum absolute atomic E-state index is 0.0981. The van der Waals surface area contributed by atoms with E-state index in [4.69, 9.17) is 9.29 Å². The van der Waals surface area contributed by atoms with Crippen molar-refractivity contribution in [3.63, 3.8) is 0 Å². The van der Waals surface area contributed by atoms with E-state index in [1.807, 2.05) is 6.33 Å². The van der Waals surface area contributed by atoms with E-state index in [0.717, 1.165) is 12.1 Å². The Balaban J connectivity index is 2.38. The van der Waals surface area contributed by atoms with Crippen molar-refractivity contribution in [2.24, 2.45) is 0 Å². The molecule has 0 fully saturated rings. The summed E-state index contributed by atoms with van der Waals surface area (Å²) in [6, 6.07) is 3.55. The van der Waals surface area contributed by atoms with Crippen molar-refractivity contribution >= 4 is 21.8 Å². The molecule has 0 bridgehead atoms. The summed E-state index contributed by atoms with van der Waals surface area (Å²) in [5.74, 6) is -0.0312. The van der Waals surface area contributed by atoms with Crippen LogP contribution in [0.25, 0.3) is 0 Å². The van der Waals surface area contributed by atoms with Gasteiger partial charge in [-0.2, -0.15) is 27.8 Å². The highest BCUT2D eigenvalue weighted by molar-refractivity contribution is 7.85. The van der Waals surface area contributed by atoms with E-state index in [1.165, 1.54) is 13.2 Å². The lowest BCUT2D eigenvalue weighted by atomic mass is 10.3. The first kappa shape index (κ1) is 14.1. The average molecular weight is 299 g/mol. The first-order chi connectivity index (χ1) is 9.40. The second kappa shape index (κ2) is 5.35. The Hall–Kier alpha value is -2.33. The molecule has 2 aromatic rings. The van der Waals surface area contributed by atoms with Gasteiger partial charge in [0.15, 0.2) is 0 Å². The van der Waals surface area contributed by atoms with Crippen LogP contribution in [0.2, 0.25) is 0 Å². The van der Waals surface area contributed by atoms with Crippen molar-refractivity contribution in [3.8, 4) is 5.75 Å². The number of halogens is 1. The molecular formula is C10H8FN4O4S. The van der Waals surface area contributed by atoms with Crippen molar-refractivity contribution in [2.45, 2.75) is 4.90 Å². The van der Waals surface area contributed by atoms with E-state index in [-0.39, 0.29) is 22.3 Å². The molecule has 0 unspecified atom stereocenters. The summed E-state index contributed by atoms with van der Waals surface area (Å²) in [5.41, 5.74) is 0.277. The maximum absolute atomic E-state index is 12.8. The molecule has 2 rings (SSSR count). The first-order valence-corrected chi connectivity index (χ1v) is 6.54. The predicted octanol–water partition coefficient (Wildman–Crippen LogP) is 0.810. The molecule has 105 valence electrons. The van der Waals surface area contributed by atoms with Gasteiger partial charge in [0, 0.05) is 6.07 Å². The highest BCUT2D eigenvalue weighted by atomic mass is 32.2. The number of nitrogens with zero attached hydrogens (tertiary/aromatic N) is 3. The third-order valence-electron chi connectivity index (χ3n) is 2.21. The Morgan fingerprint density at radius 1 is 1.40 bits per heavy atom. The van der Waals surface area contributed by atoms with Crippen LogP contribution in [0, 0.1) is 12.4 Å². The molecule has 10 heteroatoms. The fraction of sp³-hybridized carbons (Fsp3) is 0.100. The van der Waals surface area contributed by atoms with Gasteiger partial charge in [-0.1, -0.05) is 0 Å². The van der Waals surface area contributed by atoms with E-state index in [0.29, 0.717) is 0 Å². The minimum Gasteiger partial charge on any atom is -0.495 e. The van der Waals surface area contributed by atoms with Crippen LogP contribution in [0.3, 0.4) is 0 Å². The van der Waals surface area contributed by atoms with E-state index in [2.05, 4.69) is 20.3 Å². The van der Waals surface area contributed by atoms with Crippen LogP contribution in [0.15, 0.2) is 23.1 Å². The maximum Gasteiger partial charge on any atom is 0.314 e. The van der Waals surface area contributed by atoms with E-state index >= 15 is 0 Å². The summed E-state index contributed by atoms with van der Waals surface area (Å²) in [6.07, 6.45) is 1.03. The maximum atomic E-state index is 12.8. The Morgan fingerprint density at radius 2 is 2.15 bits per heavy atom. The monoisotopic (exact) mass is 299 g/mol. The molecule has 8 nitrogen and oxygen atoms in total. The van der Waals surface area contributed by atoms with Crippen LogP contribution in [0.5, 0.6) is 5.75 Å². The van der Waals surface area contributed by atoms with Gasteiger partial charge in [-0.15, -0.1) is 0 Å². The molecule has 2 N–H and O–H groups in total. The van der Waals surface area contributed by atoms with E-state index in [1.54, 1.807) is 0 Å². The number of nitrogens with one attached hydrogen (secondary N) is 1. The normalized spacial score (nSPS) is 11.2. The van der Waals surface area contributed by atoms with Crippen molar-refractivity contribution in [2.75, 3.05) is 12.4 Å². The zero-order chi connectivity index (χ0) is 14.8. The lowest BCUT2D eigenvalue weighted by molar-refractivity contribution is 0.414. The second-order valence-corrected chi connectivity index (χ2v) is 4.91. The molecule has 1 aromatic carbocycles. The number of ether oxygens (including phenoxy) is 1. The number of anilines is 2. The first-order valence-electron chi connectivity index (χ1n) is 5.10. The van der Waals surface area contributed by atoms with Gasteiger partial charge in [0.05, 0.1) is 17.7 Å². The number of benzene rings is 1. The summed E-state index contributed by atoms with van der Waals surface area (Å²) in [6.45, 7) is 0. The summed E-state index contributed by atoms with van der Waals surface area (Å²) < 4.78 is 48.7. The van der Waals surface area contributed by atoms with Gasteiger partial charge in [0.25, 0.3) is 10.1 Å². The fourth-order valence-corrected chi connectivity index (χ4v) is 1.86. The minimum atomic E-state index is -4.35. The van der Waals surface area contributed by atoms with E-state index < -0.39 is 16.2 Å². The van der Waals surface area contributed by atoms with Crippen LogP contribution >= 0.6 is 0 Å². The quantitative estimate of drug-likeness (QED) is 0.797. The van der Waals surface area contributed by atoms with Crippen LogP contribution in [-0.4, -0.2) is 35.0 Å². The molecule has 20 heavy (non-hydrogen) atoms. The number of hydrogen-bond donors (Lipinski definition) is 2. The number of rotatable bonds is 4. The predicted molar refractivity (Wildman–Crippen MR) is 64.7 cm³/mol. The number of hydrogen-bond acceptors (Lipinski definition) is 7. The smallest absolute Gasteiger partial charge is 0.314 e. The van der Waals surface area contributed by atoms with Crippen molar-refractivity contribution in [1.82, 2.24) is 15.0 Å². The van der Waals surface area contributed by atoms with Gasteiger partial charge in [0.2, 0.25) is 12.3 Å². The van der Waals surface area contributed by atoms with Gasteiger partial charge >= 0.3 is 6.08 Å². The average Bonchev–Trinajstić information content (AvgIpc) is 2.38. The summed E-state index contributed by atoms with van der Waals surface area (Å²) >= 11 is 0. The lowest BCUT2D eigenvalue weighted by Crippen LogP contribution is -2.04. The van der Waals surface area contributed by atoms with Crippen LogP contribution in [0.4, 0.5) is 16.0 Å². The van der Waals surface area contributed by atoms with E-state index in [9.17, 15) is 12.8 Å². The lowest BCUT2D eigenvalue weighted by Gasteiger charge is -2.10. The molecular weight excluding hydrogens is 291 g/mol. The van der Waals surface area contributed by atoms with Crippen molar-refractivity contribution in [3.05, 3.63) is 30.6 Å². The molecule has 0 aliphatic heterocycles. The Kier molecular flexibility index (Phi) is 3.77. The van der Waals surface area contributed by atoms with Crippen molar-refractivity contribution < 1.29 is 22.1 Å². The summed E-state index contributed by atoms with van der Waals surface area (Å²) in [5, 5.41) is 2.61. The molecule has 1 heterocycles. The highest BCUT2D eigenvalue weighted by Gasteiger charge is 2.14. The molecule has 0 atom stereocenters. The van der Waals surface area contributed by atoms with Crippen LogP contribution < -0.4 is 10.1 Å². The number of aromatic nitrogens is 3. The topological polar surface area (TPSA) is 114 Å². The SMILES string of the molecule is COc1cc(S(=O)(=O)O)ccc1Nc1n[c]nc(F)n1. The summed E-state index contributed by atoms with van der Waals surface area (Å²) in [4.78, 5) is 9.65. The molecule has 0 aliphatic carbocycles. The highest BCUT2D eigenvalue weighted by Crippen LogP contribution is 2.29. The Morgan fingerprint density at radius 3 is 2.75 bits per heavy atom. The van der Waals surface area contributed by atoms with Crippen LogP contribution in [-0.2, 0) is 10.1 Å². The molecule has 0 saturated heterocycles. The van der Waals surface area contributed by atoms with Gasteiger partial charge in [-0.05, 0) is 12.1 Å². The standard InChI is InChI=1S/C10H8FN4O4S/c1-19-8-4-6(20(16,17)18)2-3-7(8)14-10-13-5-12-9(11)15-10/h2-4H,1H3,(H,16,17,18)(H,12,13,14,15). The summed E-state index contributed by atoms with van der Waals surface area (Å²) in [7, 11) is -3.05. The third kappa shape index (κ3) is 3.16. The van der Waals surface area contributed by atoms with Crippen LogP contribution in [0.1, 0.15) is 0 Å². The molecule has 1 radical (unpaired) electrons. The second-order valence-electron chi connectivity index (χ2n) is 3.49. The third-order valence-corrected chi connectivity index (χ3v) is 3.06.